The summed E-state index contributed by atoms with van der Waals surface area (Å²) in [5.74, 6) is -2.17. The summed E-state index contributed by atoms with van der Waals surface area (Å²) in [4.78, 5) is 0. The SMILES string of the molecule is C[SiH](C)[Zr]([F])([F])([NH]C(C)(C)C)[CH]1C(Br)=Cc2ccccc21. The molecule has 0 saturated heterocycles. The maximum atomic E-state index is 16.2. The van der Waals surface area contributed by atoms with Crippen LogP contribution in [0.15, 0.2) is 28.7 Å². The van der Waals surface area contributed by atoms with Crippen molar-refractivity contribution in [3.63, 3.8) is 0 Å². The molecular formula is C15H23BrF2NSiZr. The summed E-state index contributed by atoms with van der Waals surface area (Å²) in [6.07, 6.45) is 1.87. The van der Waals surface area contributed by atoms with E-state index >= 15 is 5.25 Å². The topological polar surface area (TPSA) is 12.0 Å². The first-order chi connectivity index (χ1) is 9.45. The fraction of sp³-hybridized carbons (Fsp3) is 0.467. The normalized spacial score (nSPS) is 20.9. The van der Waals surface area contributed by atoms with E-state index in [0.717, 1.165) is 11.1 Å². The molecule has 1 aliphatic rings. The molecule has 0 bridgehead atoms. The van der Waals surface area contributed by atoms with Crippen LogP contribution in [-0.2, 0) is 19.5 Å². The number of halogens is 3. The van der Waals surface area contributed by atoms with Gasteiger partial charge >= 0.3 is 139 Å². The van der Waals surface area contributed by atoms with Crippen molar-refractivity contribution in [2.75, 3.05) is 0 Å². The van der Waals surface area contributed by atoms with E-state index in [1.165, 1.54) is 0 Å². The molecule has 1 N–H and O–H groups in total. The van der Waals surface area contributed by atoms with Gasteiger partial charge in [0, 0.05) is 0 Å². The summed E-state index contributed by atoms with van der Waals surface area (Å²) in [6, 6.07) is 7.55. The molecule has 0 saturated carbocycles. The molecule has 6 heteroatoms. The van der Waals surface area contributed by atoms with E-state index in [-0.39, 0.29) is 0 Å². The van der Waals surface area contributed by atoms with Crippen molar-refractivity contribution in [1.82, 2.24) is 3.26 Å². The first kappa shape index (κ1) is 17.7. The van der Waals surface area contributed by atoms with E-state index in [9.17, 15) is 0 Å². The minimum atomic E-state index is -6.12. The summed E-state index contributed by atoms with van der Waals surface area (Å²) >= 11 is -2.68. The van der Waals surface area contributed by atoms with Gasteiger partial charge in [0.25, 0.3) is 0 Å². The number of nitrogens with one attached hydrogen (secondary N) is 1. The van der Waals surface area contributed by atoms with Crippen molar-refractivity contribution < 1.29 is 24.7 Å². The van der Waals surface area contributed by atoms with Crippen LogP contribution in [0.3, 0.4) is 0 Å². The molecule has 1 aliphatic carbocycles. The van der Waals surface area contributed by atoms with E-state index in [0.29, 0.717) is 4.48 Å². The second kappa shape index (κ2) is 5.47. The van der Waals surface area contributed by atoms with Gasteiger partial charge in [-0.3, -0.25) is 0 Å². The van der Waals surface area contributed by atoms with Crippen LogP contribution in [0.1, 0.15) is 35.5 Å². The summed E-state index contributed by atoms with van der Waals surface area (Å²) in [5.41, 5.74) is 1.14. The molecule has 1 aromatic carbocycles. The van der Waals surface area contributed by atoms with Crippen molar-refractivity contribution in [3.8, 4) is 0 Å². The fourth-order valence-corrected chi connectivity index (χ4v) is 27.6. The standard InChI is InChI=1S/C9H6Br.C4H10N.C2H7Si.2FH.Zr/c10-9-5-7-3-1-2-4-8(7)6-9;1-4(2,3)5;1-3-2;;;/h1-6H;5H,1-3H3;3H,1-2H3;2*1H;/q;-1;;;;+3/p-2. The number of rotatable bonds is 3. The number of hydrogen-bond acceptors (Lipinski definition) is 1. The van der Waals surface area contributed by atoms with E-state index in [1.807, 2.05) is 51.1 Å². The third kappa shape index (κ3) is 3.19. The monoisotopic (exact) mass is 452 g/mol. The zero-order valence-corrected chi connectivity index (χ0v) is 18.4. The number of benzene rings is 1. The molecule has 0 aliphatic heterocycles. The van der Waals surface area contributed by atoms with Gasteiger partial charge in [-0.2, -0.15) is 0 Å². The van der Waals surface area contributed by atoms with Gasteiger partial charge in [0.15, 0.2) is 0 Å². The Morgan fingerprint density at radius 1 is 1.19 bits per heavy atom. The third-order valence-corrected chi connectivity index (χ3v) is 33.5. The number of fused-ring (bicyclic) bond motifs is 1. The molecule has 21 heavy (non-hydrogen) atoms. The molecule has 1 aromatic rings. The Balaban J connectivity index is 2.62. The summed E-state index contributed by atoms with van der Waals surface area (Å²) < 4.78 is 35.1. The van der Waals surface area contributed by atoms with E-state index in [1.54, 1.807) is 13.1 Å². The molecule has 2 rings (SSSR count). The molecule has 1 unspecified atom stereocenters. The Morgan fingerprint density at radius 2 is 1.76 bits per heavy atom. The first-order valence-corrected chi connectivity index (χ1v) is 19.7. The van der Waals surface area contributed by atoms with Gasteiger partial charge in [0.05, 0.1) is 0 Å². The van der Waals surface area contributed by atoms with Crippen LogP contribution < -0.4 is 3.26 Å². The Labute approximate surface area is 138 Å². The predicted octanol–water partition coefficient (Wildman–Crippen LogP) is 5.22. The Bertz CT molecular complexity index is 596. The summed E-state index contributed by atoms with van der Waals surface area (Å²) in [5, 5.41) is 0. The first-order valence-electron chi connectivity index (χ1n) is 7.28. The van der Waals surface area contributed by atoms with Crippen molar-refractivity contribution in [3.05, 3.63) is 39.9 Å². The zero-order valence-electron chi connectivity index (χ0n) is 13.2. The van der Waals surface area contributed by atoms with Crippen molar-refractivity contribution in [1.29, 1.82) is 0 Å². The van der Waals surface area contributed by atoms with Crippen LogP contribution in [-0.4, -0.2) is 11.5 Å². The van der Waals surface area contributed by atoms with Crippen molar-refractivity contribution in [2.24, 2.45) is 0 Å². The van der Waals surface area contributed by atoms with Crippen LogP contribution in [0.25, 0.3) is 6.08 Å². The molecular weight excluding hydrogens is 431 g/mol. The molecule has 117 valence electrons. The van der Waals surface area contributed by atoms with Gasteiger partial charge in [0.1, 0.15) is 0 Å². The second-order valence-electron chi connectivity index (χ2n) is 7.27. The number of hydrogen-bond donors (Lipinski definition) is 1. The van der Waals surface area contributed by atoms with Gasteiger partial charge in [-0.15, -0.1) is 0 Å². The van der Waals surface area contributed by atoms with E-state index < -0.39 is 34.5 Å². The van der Waals surface area contributed by atoms with Crippen molar-refractivity contribution >= 4 is 27.9 Å². The zero-order chi connectivity index (χ0) is 16.1. The molecule has 1 atom stereocenters. The molecule has 0 fully saturated rings. The molecule has 0 spiro atoms. The van der Waals surface area contributed by atoms with Gasteiger partial charge in [-0.1, -0.05) is 0 Å². The summed E-state index contributed by atoms with van der Waals surface area (Å²) in [7, 11) is 0. The summed E-state index contributed by atoms with van der Waals surface area (Å²) in [6.45, 7) is 9.12. The van der Waals surface area contributed by atoms with Crippen LogP contribution >= 0.6 is 15.9 Å². The fourth-order valence-electron chi connectivity index (χ4n) is 3.09. The Kier molecular flexibility index (Phi) is 4.61. The van der Waals surface area contributed by atoms with E-state index in [2.05, 4.69) is 19.2 Å². The van der Waals surface area contributed by atoms with Gasteiger partial charge in [0.2, 0.25) is 0 Å². The molecule has 0 amide bonds. The maximum absolute atomic E-state index is 16.2. The Hall–Kier alpha value is 0.360. The van der Waals surface area contributed by atoms with Gasteiger partial charge < -0.3 is 0 Å². The molecule has 0 heterocycles. The molecule has 0 aromatic heterocycles. The van der Waals surface area contributed by atoms with Crippen LogP contribution in [0.5, 0.6) is 0 Å². The van der Waals surface area contributed by atoms with Crippen LogP contribution in [0.2, 0.25) is 13.1 Å². The quantitative estimate of drug-likeness (QED) is 0.618. The number of allylic oxidation sites excluding steroid dienone is 1. The Morgan fingerprint density at radius 3 is 2.29 bits per heavy atom. The molecule has 0 radical (unpaired) electrons. The second-order valence-corrected chi connectivity index (χ2v) is 33.0. The average Bonchev–Trinajstić information content (AvgIpc) is 2.62. The predicted molar refractivity (Wildman–Crippen MR) is 90.1 cm³/mol. The van der Waals surface area contributed by atoms with Gasteiger partial charge in [-0.05, 0) is 0 Å². The molecule has 1 nitrogen and oxygen atoms in total. The van der Waals surface area contributed by atoms with Crippen LogP contribution in [0.4, 0.5) is 5.25 Å². The van der Waals surface area contributed by atoms with Crippen LogP contribution in [0, 0.1) is 0 Å². The van der Waals surface area contributed by atoms with Gasteiger partial charge in [-0.25, -0.2) is 0 Å². The average molecular weight is 455 g/mol. The minimum absolute atomic E-state index is 0.573. The van der Waals surface area contributed by atoms with E-state index in [4.69, 9.17) is 0 Å². The van der Waals surface area contributed by atoms with Crippen molar-refractivity contribution in [2.45, 2.75) is 43.0 Å². The third-order valence-electron chi connectivity index (χ3n) is 4.08.